The van der Waals surface area contributed by atoms with E-state index in [1.165, 1.54) is 6.07 Å². The molecule has 1 aliphatic heterocycles. The van der Waals surface area contributed by atoms with E-state index in [9.17, 15) is 14.4 Å². The summed E-state index contributed by atoms with van der Waals surface area (Å²) in [5.74, 6) is -2.18. The minimum absolute atomic E-state index is 0.00476. The molecule has 2 fully saturated rings. The van der Waals surface area contributed by atoms with E-state index in [0.717, 1.165) is 25.5 Å². The van der Waals surface area contributed by atoms with Crippen LogP contribution in [0.1, 0.15) is 73.4 Å². The number of carbonyl (C=O) groups is 3. The third-order valence-corrected chi connectivity index (χ3v) is 9.72. The van der Waals surface area contributed by atoms with E-state index >= 15 is 4.39 Å². The van der Waals surface area contributed by atoms with Crippen LogP contribution in [0.4, 0.5) is 15.8 Å². The minimum atomic E-state index is -1.35. The number of benzene rings is 3. The van der Waals surface area contributed by atoms with Crippen LogP contribution in [0, 0.1) is 11.7 Å². The van der Waals surface area contributed by atoms with E-state index < -0.39 is 34.6 Å². The van der Waals surface area contributed by atoms with Crippen LogP contribution in [0.2, 0.25) is 10.0 Å². The topological polar surface area (TPSA) is 87.3 Å². The fourth-order valence-electron chi connectivity index (χ4n) is 7.21. The minimum Gasteiger partial charge on any atom is -0.388 e. The highest BCUT2D eigenvalue weighted by atomic mass is 35.5. The summed E-state index contributed by atoms with van der Waals surface area (Å²) in [6.45, 7) is 3.67. The molecule has 226 valence electrons. The van der Waals surface area contributed by atoms with Gasteiger partial charge in [0.15, 0.2) is 5.78 Å². The Hall–Kier alpha value is -3.26. The van der Waals surface area contributed by atoms with Crippen LogP contribution in [-0.4, -0.2) is 36.6 Å². The Labute approximate surface area is 261 Å². The van der Waals surface area contributed by atoms with Gasteiger partial charge in [-0.2, -0.15) is 0 Å². The van der Waals surface area contributed by atoms with Gasteiger partial charge in [-0.1, -0.05) is 74.5 Å². The zero-order valence-electron chi connectivity index (χ0n) is 24.5. The SMILES string of the molecule is CNc1cc(Cl)ccc1[C@]1(C=O)[C@@H](c2cccc(Cl)c2F)[C@H](C(=O)Nc2ccc(C(=O)C(C)C)cc2)NC12CCCCC2. The summed E-state index contributed by atoms with van der Waals surface area (Å²) in [5, 5.41) is 10.1. The third kappa shape index (κ3) is 5.36. The molecular weight excluding hydrogens is 588 g/mol. The maximum Gasteiger partial charge on any atom is 0.242 e. The van der Waals surface area contributed by atoms with Gasteiger partial charge in [0.05, 0.1) is 16.5 Å². The molecule has 9 heteroatoms. The van der Waals surface area contributed by atoms with E-state index in [1.807, 2.05) is 13.8 Å². The quantitative estimate of drug-likeness (QED) is 0.178. The molecule has 0 unspecified atom stereocenters. The average molecular weight is 625 g/mol. The summed E-state index contributed by atoms with van der Waals surface area (Å²) < 4.78 is 16.0. The summed E-state index contributed by atoms with van der Waals surface area (Å²) in [6.07, 6.45) is 4.81. The lowest BCUT2D eigenvalue weighted by atomic mass is 9.55. The number of rotatable bonds is 8. The van der Waals surface area contributed by atoms with Gasteiger partial charge >= 0.3 is 0 Å². The molecule has 1 amide bonds. The molecule has 0 aromatic heterocycles. The van der Waals surface area contributed by atoms with Gasteiger partial charge in [-0.05, 0) is 66.4 Å². The van der Waals surface area contributed by atoms with Crippen molar-refractivity contribution in [3.05, 3.63) is 93.2 Å². The van der Waals surface area contributed by atoms with Gasteiger partial charge < -0.3 is 15.4 Å². The van der Waals surface area contributed by atoms with Crippen LogP contribution in [0.25, 0.3) is 0 Å². The number of Topliss-reactive ketones (excluding diaryl/α,β-unsaturated/α-hetero) is 1. The van der Waals surface area contributed by atoms with E-state index in [4.69, 9.17) is 23.2 Å². The first-order valence-electron chi connectivity index (χ1n) is 14.7. The predicted octanol–water partition coefficient (Wildman–Crippen LogP) is 7.55. The molecule has 43 heavy (non-hydrogen) atoms. The molecule has 1 saturated heterocycles. The highest BCUT2D eigenvalue weighted by Crippen LogP contribution is 2.59. The Bertz CT molecular complexity index is 1540. The number of ketones is 1. The summed E-state index contributed by atoms with van der Waals surface area (Å²) in [4.78, 5) is 40.5. The summed E-state index contributed by atoms with van der Waals surface area (Å²) >= 11 is 12.7. The van der Waals surface area contributed by atoms with E-state index in [-0.39, 0.29) is 22.3 Å². The van der Waals surface area contributed by atoms with Gasteiger partial charge in [0.1, 0.15) is 12.1 Å². The Morgan fingerprint density at radius 3 is 2.35 bits per heavy atom. The highest BCUT2D eigenvalue weighted by molar-refractivity contribution is 6.31. The van der Waals surface area contributed by atoms with Crippen LogP contribution in [0.3, 0.4) is 0 Å². The van der Waals surface area contributed by atoms with Crippen molar-refractivity contribution < 1.29 is 18.8 Å². The van der Waals surface area contributed by atoms with Gasteiger partial charge in [0.25, 0.3) is 0 Å². The van der Waals surface area contributed by atoms with Crippen molar-refractivity contribution in [2.45, 2.75) is 68.9 Å². The predicted molar refractivity (Wildman–Crippen MR) is 170 cm³/mol. The van der Waals surface area contributed by atoms with Crippen molar-refractivity contribution >= 4 is 52.6 Å². The maximum atomic E-state index is 16.0. The zero-order valence-corrected chi connectivity index (χ0v) is 26.0. The summed E-state index contributed by atoms with van der Waals surface area (Å²) in [7, 11) is 1.75. The smallest absolute Gasteiger partial charge is 0.242 e. The largest absolute Gasteiger partial charge is 0.388 e. The van der Waals surface area contributed by atoms with Crippen LogP contribution < -0.4 is 16.0 Å². The molecule has 3 aromatic carbocycles. The van der Waals surface area contributed by atoms with E-state index in [2.05, 4.69) is 16.0 Å². The molecule has 2 aliphatic rings. The Morgan fingerprint density at radius 2 is 1.72 bits per heavy atom. The molecule has 3 N–H and O–H groups in total. The van der Waals surface area contributed by atoms with Crippen molar-refractivity contribution in [2.24, 2.45) is 5.92 Å². The number of nitrogens with one attached hydrogen (secondary N) is 3. The molecule has 1 aliphatic carbocycles. The van der Waals surface area contributed by atoms with Crippen LogP contribution in [-0.2, 0) is 15.0 Å². The first-order valence-corrected chi connectivity index (χ1v) is 15.4. The van der Waals surface area contributed by atoms with Gasteiger partial charge in [0, 0.05) is 46.4 Å². The van der Waals surface area contributed by atoms with E-state index in [1.54, 1.807) is 61.6 Å². The number of amides is 1. The van der Waals surface area contributed by atoms with Crippen LogP contribution in [0.15, 0.2) is 60.7 Å². The lowest BCUT2D eigenvalue weighted by molar-refractivity contribution is -0.118. The number of hydrogen-bond donors (Lipinski definition) is 3. The fourth-order valence-corrected chi connectivity index (χ4v) is 7.56. The van der Waals surface area contributed by atoms with Crippen molar-refractivity contribution in [3.8, 4) is 0 Å². The molecule has 5 rings (SSSR count). The van der Waals surface area contributed by atoms with Crippen molar-refractivity contribution in [2.75, 3.05) is 17.7 Å². The zero-order chi connectivity index (χ0) is 30.9. The van der Waals surface area contributed by atoms with Crippen LogP contribution >= 0.6 is 23.2 Å². The number of hydrogen-bond acceptors (Lipinski definition) is 5. The first kappa shape index (κ1) is 31.2. The number of carbonyl (C=O) groups excluding carboxylic acids is 3. The monoisotopic (exact) mass is 623 g/mol. The molecule has 1 saturated carbocycles. The Morgan fingerprint density at radius 1 is 1.02 bits per heavy atom. The molecule has 0 bridgehead atoms. The van der Waals surface area contributed by atoms with Gasteiger partial charge in [-0.25, -0.2) is 4.39 Å². The second-order valence-corrected chi connectivity index (χ2v) is 12.7. The molecule has 3 aromatic rings. The van der Waals surface area contributed by atoms with Crippen molar-refractivity contribution in [1.29, 1.82) is 0 Å². The van der Waals surface area contributed by atoms with Crippen molar-refractivity contribution in [1.82, 2.24) is 5.32 Å². The molecule has 6 nitrogen and oxygen atoms in total. The third-order valence-electron chi connectivity index (χ3n) is 9.20. The second-order valence-electron chi connectivity index (χ2n) is 11.9. The maximum absolute atomic E-state index is 16.0. The van der Waals surface area contributed by atoms with Gasteiger partial charge in [0.2, 0.25) is 5.91 Å². The first-order chi connectivity index (χ1) is 20.6. The fraction of sp³-hybridized carbons (Fsp3) is 0.382. The van der Waals surface area contributed by atoms with Crippen molar-refractivity contribution in [3.63, 3.8) is 0 Å². The average Bonchev–Trinajstić information content (AvgIpc) is 3.28. The molecule has 3 atom stereocenters. The lowest BCUT2D eigenvalue weighted by Gasteiger charge is -2.48. The molecule has 1 heterocycles. The molecule has 1 spiro atoms. The lowest BCUT2D eigenvalue weighted by Crippen LogP contribution is -2.58. The Balaban J connectivity index is 1.68. The highest BCUT2D eigenvalue weighted by Gasteiger charge is 2.67. The number of halogens is 3. The number of aldehydes is 1. The van der Waals surface area contributed by atoms with Gasteiger partial charge in [-0.15, -0.1) is 0 Å². The summed E-state index contributed by atoms with van der Waals surface area (Å²) in [5.41, 5.74) is 0.295. The number of anilines is 2. The normalized spacial score (nSPS) is 22.9. The van der Waals surface area contributed by atoms with Gasteiger partial charge in [-0.3, -0.25) is 14.9 Å². The van der Waals surface area contributed by atoms with E-state index in [0.29, 0.717) is 40.4 Å². The Kier molecular flexibility index (Phi) is 8.98. The molecular formula is C34H36Cl2FN3O3. The molecule has 0 radical (unpaired) electrons. The second kappa shape index (κ2) is 12.4. The summed E-state index contributed by atoms with van der Waals surface area (Å²) in [6, 6.07) is 15.7. The standard InChI is InChI=1S/C34H36Cl2FN3O3/c1-20(2)31(42)21-10-13-23(14-11-21)39-32(43)30-28(24-8-7-9-26(36)29(24)37)34(19-41,33(40-30)16-5-4-6-17-33)25-15-12-22(35)18-27(25)38-3/h7-15,18-20,28,30,38,40H,4-6,16-17H2,1-3H3,(H,39,43)/t28-,30+,34+/m0/s1. The van der Waals surface area contributed by atoms with Crippen LogP contribution in [0.5, 0.6) is 0 Å².